The minimum atomic E-state index is -0.444. The fraction of sp³-hybridized carbons (Fsp3) is 0.857. The Morgan fingerprint density at radius 3 is 2.73 bits per heavy atom. The zero-order chi connectivity index (χ0) is 8.27. The largest absolute Gasteiger partial charge is 0.368 e. The summed E-state index contributed by atoms with van der Waals surface area (Å²) >= 11 is 1.77. The van der Waals surface area contributed by atoms with Crippen molar-refractivity contribution in [3.05, 3.63) is 0 Å². The van der Waals surface area contributed by atoms with Crippen molar-refractivity contribution < 1.29 is 4.79 Å². The highest BCUT2D eigenvalue weighted by molar-refractivity contribution is 8.00. The molecule has 1 amide bonds. The van der Waals surface area contributed by atoms with Crippen LogP contribution < -0.4 is 11.5 Å². The van der Waals surface area contributed by atoms with Crippen molar-refractivity contribution in [1.29, 1.82) is 0 Å². The number of primary amides is 1. The fourth-order valence-corrected chi connectivity index (χ4v) is 2.58. The summed E-state index contributed by atoms with van der Waals surface area (Å²) in [5.74, 6) is 0.746. The van der Waals surface area contributed by atoms with Crippen LogP contribution in [0.2, 0.25) is 0 Å². The number of hydrogen-bond donors (Lipinski definition) is 2. The molecule has 0 aromatic heterocycles. The van der Waals surface area contributed by atoms with E-state index >= 15 is 0 Å². The maximum absolute atomic E-state index is 10.7. The maximum Gasteiger partial charge on any atom is 0.235 e. The van der Waals surface area contributed by atoms with Crippen LogP contribution in [0.1, 0.15) is 19.3 Å². The molecule has 4 N–H and O–H groups in total. The van der Waals surface area contributed by atoms with E-state index in [1.807, 2.05) is 0 Å². The van der Waals surface area contributed by atoms with Crippen LogP contribution in [0.3, 0.4) is 0 Å². The number of rotatable bonds is 2. The molecule has 1 aliphatic rings. The molecule has 0 aromatic carbocycles. The molecule has 0 saturated carbocycles. The number of hydrogen-bond acceptors (Lipinski definition) is 3. The van der Waals surface area contributed by atoms with Crippen LogP contribution >= 0.6 is 11.8 Å². The molecule has 0 radical (unpaired) electrons. The minimum absolute atomic E-state index is 0.265. The van der Waals surface area contributed by atoms with Crippen LogP contribution in [-0.4, -0.2) is 23.0 Å². The van der Waals surface area contributed by atoms with E-state index in [9.17, 15) is 4.79 Å². The lowest BCUT2D eigenvalue weighted by Crippen LogP contribution is -2.45. The van der Waals surface area contributed by atoms with Crippen molar-refractivity contribution in [2.24, 2.45) is 11.5 Å². The normalized spacial score (nSPS) is 27.9. The van der Waals surface area contributed by atoms with Crippen molar-refractivity contribution in [2.45, 2.75) is 30.6 Å². The molecule has 0 bridgehead atoms. The molecule has 1 heterocycles. The third-order valence-electron chi connectivity index (χ3n) is 1.94. The van der Waals surface area contributed by atoms with Gasteiger partial charge in [-0.05, 0) is 18.6 Å². The van der Waals surface area contributed by atoms with Gasteiger partial charge in [0.2, 0.25) is 5.91 Å². The number of nitrogens with two attached hydrogens (primary N) is 2. The number of thioether (sulfide) groups is 1. The zero-order valence-electron chi connectivity index (χ0n) is 6.45. The lowest BCUT2D eigenvalue weighted by Gasteiger charge is -2.24. The molecule has 1 aliphatic heterocycles. The van der Waals surface area contributed by atoms with Gasteiger partial charge in [0.15, 0.2) is 0 Å². The molecule has 0 spiro atoms. The van der Waals surface area contributed by atoms with Gasteiger partial charge in [0, 0.05) is 5.25 Å². The second kappa shape index (κ2) is 3.97. The Kier molecular flexibility index (Phi) is 3.20. The average molecular weight is 174 g/mol. The van der Waals surface area contributed by atoms with Gasteiger partial charge in [-0.2, -0.15) is 11.8 Å². The van der Waals surface area contributed by atoms with Gasteiger partial charge in [-0.15, -0.1) is 0 Å². The van der Waals surface area contributed by atoms with Gasteiger partial charge in [0.1, 0.15) is 0 Å². The van der Waals surface area contributed by atoms with Gasteiger partial charge in [0.05, 0.1) is 6.04 Å². The molecular formula is C7H14N2OS. The zero-order valence-corrected chi connectivity index (χ0v) is 7.27. The number of carbonyl (C=O) groups excluding carboxylic acids is 1. The van der Waals surface area contributed by atoms with Gasteiger partial charge < -0.3 is 11.5 Å². The second-order valence-electron chi connectivity index (χ2n) is 2.83. The molecule has 64 valence electrons. The first-order chi connectivity index (χ1) is 5.22. The first kappa shape index (κ1) is 8.87. The van der Waals surface area contributed by atoms with E-state index in [2.05, 4.69) is 0 Å². The topological polar surface area (TPSA) is 69.1 Å². The van der Waals surface area contributed by atoms with Gasteiger partial charge in [-0.1, -0.05) is 6.42 Å². The van der Waals surface area contributed by atoms with Crippen LogP contribution in [0.25, 0.3) is 0 Å². The quantitative estimate of drug-likeness (QED) is 0.623. The van der Waals surface area contributed by atoms with Crippen molar-refractivity contribution in [2.75, 3.05) is 5.75 Å². The monoisotopic (exact) mass is 174 g/mol. The molecule has 1 saturated heterocycles. The summed E-state index contributed by atoms with van der Waals surface area (Å²) in [6, 6.07) is -0.444. The Bertz CT molecular complexity index is 145. The molecule has 4 heteroatoms. The van der Waals surface area contributed by atoms with E-state index in [-0.39, 0.29) is 11.2 Å². The Balaban J connectivity index is 2.38. The summed E-state index contributed by atoms with van der Waals surface area (Å²) in [5, 5.41) is 0.265. The SMILES string of the molecule is NC(=O)C(N)C1CCCCS1. The molecule has 11 heavy (non-hydrogen) atoms. The first-order valence-corrected chi connectivity index (χ1v) is 4.93. The van der Waals surface area contributed by atoms with Crippen LogP contribution in [0, 0.1) is 0 Å². The fourth-order valence-electron chi connectivity index (χ4n) is 1.23. The van der Waals surface area contributed by atoms with Crippen LogP contribution in [0.5, 0.6) is 0 Å². The van der Waals surface area contributed by atoms with Crippen molar-refractivity contribution in [3.63, 3.8) is 0 Å². The molecule has 0 aliphatic carbocycles. The Hall–Kier alpha value is -0.220. The maximum atomic E-state index is 10.7. The molecule has 2 unspecified atom stereocenters. The van der Waals surface area contributed by atoms with E-state index in [4.69, 9.17) is 11.5 Å². The summed E-state index contributed by atoms with van der Waals surface area (Å²) in [7, 11) is 0. The Morgan fingerprint density at radius 2 is 2.27 bits per heavy atom. The second-order valence-corrected chi connectivity index (χ2v) is 4.18. The van der Waals surface area contributed by atoms with Crippen LogP contribution in [0.15, 0.2) is 0 Å². The smallest absolute Gasteiger partial charge is 0.235 e. The van der Waals surface area contributed by atoms with E-state index in [1.165, 1.54) is 12.8 Å². The van der Waals surface area contributed by atoms with Gasteiger partial charge >= 0.3 is 0 Å². The van der Waals surface area contributed by atoms with Gasteiger partial charge in [-0.3, -0.25) is 4.79 Å². The van der Waals surface area contributed by atoms with Crippen molar-refractivity contribution in [1.82, 2.24) is 0 Å². The lowest BCUT2D eigenvalue weighted by molar-refractivity contribution is -0.119. The summed E-state index contributed by atoms with van der Waals surface area (Å²) in [5.41, 5.74) is 10.7. The molecule has 1 fully saturated rings. The lowest BCUT2D eigenvalue weighted by atomic mass is 10.1. The molecule has 2 atom stereocenters. The molecule has 3 nitrogen and oxygen atoms in total. The standard InChI is InChI=1S/C7H14N2OS/c8-6(7(9)10)5-3-1-2-4-11-5/h5-6H,1-4,8H2,(H2,9,10). The third-order valence-corrected chi connectivity index (χ3v) is 3.43. The summed E-state index contributed by atoms with van der Waals surface area (Å²) < 4.78 is 0. The summed E-state index contributed by atoms with van der Waals surface area (Å²) in [4.78, 5) is 10.7. The Morgan fingerprint density at radius 1 is 1.55 bits per heavy atom. The van der Waals surface area contributed by atoms with Crippen LogP contribution in [0.4, 0.5) is 0 Å². The van der Waals surface area contributed by atoms with Crippen molar-refractivity contribution >= 4 is 17.7 Å². The Labute approximate surface area is 70.9 Å². The van der Waals surface area contributed by atoms with Gasteiger partial charge in [0.25, 0.3) is 0 Å². The predicted octanol–water partition coefficient (Wildman–Crippen LogP) is 0.0847. The molecule has 1 rings (SSSR count). The number of carbonyl (C=O) groups is 1. The number of amides is 1. The van der Waals surface area contributed by atoms with Crippen molar-refractivity contribution in [3.8, 4) is 0 Å². The summed E-state index contributed by atoms with van der Waals surface area (Å²) in [6.45, 7) is 0. The third kappa shape index (κ3) is 2.38. The van der Waals surface area contributed by atoms with Gasteiger partial charge in [-0.25, -0.2) is 0 Å². The average Bonchev–Trinajstić information content (AvgIpc) is 2.05. The van der Waals surface area contributed by atoms with E-state index in [1.54, 1.807) is 11.8 Å². The van der Waals surface area contributed by atoms with E-state index in [0.29, 0.717) is 0 Å². The van der Waals surface area contributed by atoms with E-state index in [0.717, 1.165) is 12.2 Å². The first-order valence-electron chi connectivity index (χ1n) is 3.88. The summed E-state index contributed by atoms with van der Waals surface area (Å²) in [6.07, 6.45) is 3.46. The highest BCUT2D eigenvalue weighted by Gasteiger charge is 2.24. The van der Waals surface area contributed by atoms with Crippen LogP contribution in [-0.2, 0) is 4.79 Å². The molecular weight excluding hydrogens is 160 g/mol. The highest BCUT2D eigenvalue weighted by atomic mass is 32.2. The highest BCUT2D eigenvalue weighted by Crippen LogP contribution is 2.26. The minimum Gasteiger partial charge on any atom is -0.368 e. The predicted molar refractivity (Wildman–Crippen MR) is 47.3 cm³/mol. The van der Waals surface area contributed by atoms with E-state index < -0.39 is 6.04 Å². The molecule has 0 aromatic rings.